The molecule has 26 heavy (non-hydrogen) atoms. The van der Waals surface area contributed by atoms with Gasteiger partial charge in [-0.1, -0.05) is 35.9 Å². The summed E-state index contributed by atoms with van der Waals surface area (Å²) < 4.78 is 15.7. The molecule has 0 saturated carbocycles. The molecule has 0 N–H and O–H groups in total. The predicted molar refractivity (Wildman–Crippen MR) is 98.5 cm³/mol. The highest BCUT2D eigenvalue weighted by Gasteiger charge is 2.11. The molecule has 0 saturated heterocycles. The number of hydrogen-bond donors (Lipinski definition) is 0. The van der Waals surface area contributed by atoms with Gasteiger partial charge in [0.05, 0.1) is 10.2 Å². The standard InChI is InChI=1S/C20H12FN3OS/c1-13-6-8-16(9-7-13)24-19(25)18(26-20(24)15(11-22)12-23)10-14-4-2-3-5-17(14)21/h2-10H,1H3/b18-10+. The molecule has 0 bridgehead atoms. The summed E-state index contributed by atoms with van der Waals surface area (Å²) in [6.07, 6.45) is 1.43. The highest BCUT2D eigenvalue weighted by atomic mass is 32.1. The van der Waals surface area contributed by atoms with Crippen molar-refractivity contribution in [2.45, 2.75) is 6.92 Å². The molecule has 0 aliphatic carbocycles. The number of aryl methyl sites for hydroxylation is 1. The van der Waals surface area contributed by atoms with Gasteiger partial charge in [-0.15, -0.1) is 11.3 Å². The fourth-order valence-electron chi connectivity index (χ4n) is 2.43. The van der Waals surface area contributed by atoms with Crippen LogP contribution in [0.5, 0.6) is 0 Å². The van der Waals surface area contributed by atoms with Crippen LogP contribution in [0.4, 0.5) is 4.39 Å². The second-order valence-electron chi connectivity index (χ2n) is 5.51. The molecule has 126 valence electrons. The van der Waals surface area contributed by atoms with Crippen molar-refractivity contribution in [3.63, 3.8) is 0 Å². The van der Waals surface area contributed by atoms with E-state index < -0.39 is 11.4 Å². The second-order valence-corrected chi connectivity index (χ2v) is 6.54. The molecule has 0 amide bonds. The van der Waals surface area contributed by atoms with E-state index in [1.807, 2.05) is 31.2 Å². The van der Waals surface area contributed by atoms with Crippen LogP contribution in [0.3, 0.4) is 0 Å². The summed E-state index contributed by atoms with van der Waals surface area (Å²) in [6.45, 7) is 1.92. The van der Waals surface area contributed by atoms with Gasteiger partial charge in [-0.25, -0.2) is 4.39 Å². The molecule has 1 heterocycles. The van der Waals surface area contributed by atoms with Crippen LogP contribution >= 0.6 is 11.3 Å². The number of rotatable bonds is 2. The molecule has 3 aromatic rings. The Bertz CT molecular complexity index is 1220. The fraction of sp³-hybridized carbons (Fsp3) is 0.0500. The van der Waals surface area contributed by atoms with Gasteiger partial charge in [0.2, 0.25) is 0 Å². The van der Waals surface area contributed by atoms with Gasteiger partial charge in [-0.05, 0) is 31.2 Å². The molecule has 0 spiro atoms. The van der Waals surface area contributed by atoms with Crippen LogP contribution in [0.2, 0.25) is 0 Å². The van der Waals surface area contributed by atoms with Gasteiger partial charge in [-0.2, -0.15) is 10.5 Å². The number of halogens is 1. The maximum absolute atomic E-state index is 13.9. The van der Waals surface area contributed by atoms with Gasteiger partial charge >= 0.3 is 0 Å². The van der Waals surface area contributed by atoms with Crippen LogP contribution in [0.15, 0.2) is 53.3 Å². The minimum atomic E-state index is -0.450. The summed E-state index contributed by atoms with van der Waals surface area (Å²) in [5, 5.41) is 18.5. The van der Waals surface area contributed by atoms with E-state index in [0.29, 0.717) is 5.69 Å². The van der Waals surface area contributed by atoms with Crippen molar-refractivity contribution >= 4 is 23.0 Å². The molecule has 0 fully saturated rings. The lowest BCUT2D eigenvalue weighted by atomic mass is 10.2. The first kappa shape index (κ1) is 17.3. The lowest BCUT2D eigenvalue weighted by molar-refractivity contribution is 0.625. The maximum atomic E-state index is 13.9. The van der Waals surface area contributed by atoms with Crippen LogP contribution in [-0.4, -0.2) is 4.57 Å². The normalized spacial score (nSPS) is 11.0. The van der Waals surface area contributed by atoms with Gasteiger partial charge in [0.25, 0.3) is 5.56 Å². The molecule has 2 aromatic carbocycles. The maximum Gasteiger partial charge on any atom is 0.273 e. The van der Waals surface area contributed by atoms with E-state index in [1.54, 1.807) is 30.3 Å². The zero-order chi connectivity index (χ0) is 18.7. The Morgan fingerprint density at radius 2 is 1.77 bits per heavy atom. The van der Waals surface area contributed by atoms with Crippen LogP contribution in [0, 0.1) is 35.4 Å². The Hall–Kier alpha value is -3.48. The summed E-state index contributed by atoms with van der Waals surface area (Å²) in [5.74, 6) is -0.450. The molecule has 0 aliphatic rings. The third-order valence-corrected chi connectivity index (χ3v) is 4.84. The van der Waals surface area contributed by atoms with E-state index >= 15 is 0 Å². The van der Waals surface area contributed by atoms with E-state index in [2.05, 4.69) is 0 Å². The van der Waals surface area contributed by atoms with E-state index in [1.165, 1.54) is 16.7 Å². The van der Waals surface area contributed by atoms with Crippen molar-refractivity contribution in [1.82, 2.24) is 4.57 Å². The first-order chi connectivity index (χ1) is 12.5. The summed E-state index contributed by atoms with van der Waals surface area (Å²) in [4.78, 5) is 12.9. The third-order valence-electron chi connectivity index (χ3n) is 3.75. The molecule has 0 unspecified atom stereocenters. The molecule has 0 aliphatic heterocycles. The Morgan fingerprint density at radius 3 is 2.38 bits per heavy atom. The Morgan fingerprint density at radius 1 is 1.12 bits per heavy atom. The lowest BCUT2D eigenvalue weighted by Gasteiger charge is -2.02. The van der Waals surface area contributed by atoms with E-state index in [4.69, 9.17) is 0 Å². The molecule has 3 rings (SSSR count). The van der Waals surface area contributed by atoms with Crippen molar-refractivity contribution in [2.75, 3.05) is 0 Å². The van der Waals surface area contributed by atoms with Gasteiger partial charge in [0, 0.05) is 5.56 Å². The molecule has 4 nitrogen and oxygen atoms in total. The number of thiazole rings is 1. The molecular formula is C20H12FN3OS. The zero-order valence-corrected chi connectivity index (χ0v) is 14.5. The SMILES string of the molecule is Cc1ccc(-n2c(=C(C#N)C#N)s/c(=C/c3ccccc3F)c2=O)cc1. The molecule has 0 atom stereocenters. The fourth-order valence-corrected chi connectivity index (χ4v) is 3.48. The van der Waals surface area contributed by atoms with Crippen LogP contribution in [0.25, 0.3) is 17.3 Å². The zero-order valence-electron chi connectivity index (χ0n) is 13.7. The van der Waals surface area contributed by atoms with Gasteiger partial charge in [0.1, 0.15) is 22.6 Å². The van der Waals surface area contributed by atoms with Crippen molar-refractivity contribution in [3.8, 4) is 17.8 Å². The quantitative estimate of drug-likeness (QED) is 0.704. The van der Waals surface area contributed by atoms with Crippen LogP contribution in [0.1, 0.15) is 11.1 Å². The number of hydrogen-bond acceptors (Lipinski definition) is 4. The first-order valence-electron chi connectivity index (χ1n) is 7.65. The van der Waals surface area contributed by atoms with E-state index in [0.717, 1.165) is 16.9 Å². The van der Waals surface area contributed by atoms with E-state index in [-0.39, 0.29) is 20.3 Å². The van der Waals surface area contributed by atoms with Crippen molar-refractivity contribution < 1.29 is 4.39 Å². The van der Waals surface area contributed by atoms with E-state index in [9.17, 15) is 19.7 Å². The minimum Gasteiger partial charge on any atom is -0.267 e. The second kappa shape index (κ2) is 7.18. The molecular weight excluding hydrogens is 349 g/mol. The predicted octanol–water partition coefficient (Wildman–Crippen LogP) is 2.37. The molecule has 6 heteroatoms. The average molecular weight is 361 g/mol. The number of nitriles is 2. The highest BCUT2D eigenvalue weighted by molar-refractivity contribution is 7.07. The van der Waals surface area contributed by atoms with Gasteiger partial charge in [-0.3, -0.25) is 9.36 Å². The Labute approximate surface area is 152 Å². The third kappa shape index (κ3) is 3.19. The van der Waals surface area contributed by atoms with Gasteiger partial charge < -0.3 is 0 Å². The first-order valence-corrected chi connectivity index (χ1v) is 8.46. The Balaban J connectivity index is 2.41. The van der Waals surface area contributed by atoms with Crippen molar-refractivity contribution in [3.05, 3.63) is 85.0 Å². The monoisotopic (exact) mass is 361 g/mol. The topological polar surface area (TPSA) is 69.6 Å². The number of aromatic nitrogens is 1. The highest BCUT2D eigenvalue weighted by Crippen LogP contribution is 2.08. The van der Waals surface area contributed by atoms with Crippen LogP contribution < -0.4 is 14.8 Å². The van der Waals surface area contributed by atoms with Crippen LogP contribution in [-0.2, 0) is 0 Å². The number of benzene rings is 2. The average Bonchev–Trinajstić information content (AvgIpc) is 2.95. The molecule has 0 radical (unpaired) electrons. The van der Waals surface area contributed by atoms with Crippen molar-refractivity contribution in [1.29, 1.82) is 10.5 Å². The summed E-state index contributed by atoms with van der Waals surface area (Å²) >= 11 is 0.992. The molecule has 1 aromatic heterocycles. The largest absolute Gasteiger partial charge is 0.273 e. The minimum absolute atomic E-state index is 0.166. The lowest BCUT2D eigenvalue weighted by Crippen LogP contribution is -2.30. The summed E-state index contributed by atoms with van der Waals surface area (Å²) in [7, 11) is 0. The van der Waals surface area contributed by atoms with Crippen molar-refractivity contribution in [2.24, 2.45) is 0 Å². The number of nitrogens with zero attached hydrogens (tertiary/aromatic N) is 3. The summed E-state index contributed by atoms with van der Waals surface area (Å²) in [5.41, 5.74) is 1.26. The smallest absolute Gasteiger partial charge is 0.267 e. The Kier molecular flexibility index (Phi) is 4.79. The summed E-state index contributed by atoms with van der Waals surface area (Å²) in [6, 6.07) is 16.9. The van der Waals surface area contributed by atoms with Gasteiger partial charge in [0.15, 0.2) is 5.57 Å².